The quantitative estimate of drug-likeness (QED) is 0.249. The van der Waals surface area contributed by atoms with Crippen LogP contribution in [0.3, 0.4) is 0 Å². The van der Waals surface area contributed by atoms with E-state index < -0.39 is 18.7 Å². The summed E-state index contributed by atoms with van der Waals surface area (Å²) in [6.45, 7) is -2.68. The minimum atomic E-state index is -3.04. The summed E-state index contributed by atoms with van der Waals surface area (Å²) in [7, 11) is 0. The molecule has 1 aliphatic heterocycles. The number of halogens is 4. The Balaban J connectivity index is 1.41. The highest BCUT2D eigenvalue weighted by atomic mass is 35.5. The molecular formula is C29H25Cl2F2NO6. The molecule has 2 aliphatic carbocycles. The number of nitrogens with zero attached hydrogens (tertiary/aromatic N) is 1. The maximum atomic E-state index is 13.3. The number of benzene rings is 1. The van der Waals surface area contributed by atoms with Crippen LogP contribution in [0.2, 0.25) is 10.0 Å². The van der Waals surface area contributed by atoms with Gasteiger partial charge in [0.25, 0.3) is 0 Å². The minimum Gasteiger partial charge on any atom is -0.489 e. The topological polar surface area (TPSA) is 76.1 Å². The molecule has 210 valence electrons. The Morgan fingerprint density at radius 2 is 1.93 bits per heavy atom. The van der Waals surface area contributed by atoms with Gasteiger partial charge in [0.2, 0.25) is 5.76 Å². The van der Waals surface area contributed by atoms with Gasteiger partial charge in [-0.25, -0.2) is 4.79 Å². The maximum absolute atomic E-state index is 13.3. The first-order chi connectivity index (χ1) is 19.4. The fourth-order valence-corrected chi connectivity index (χ4v) is 4.64. The van der Waals surface area contributed by atoms with Crippen LogP contribution >= 0.6 is 23.2 Å². The van der Waals surface area contributed by atoms with Crippen molar-refractivity contribution in [1.82, 2.24) is 4.98 Å². The standard InChI is InChI=1S/C29H25Cl2F2NO6/c30-21-12-34-13-22(31)20(21)11-24(19-8-9-23(40-29(32)33)25(10-19)37-14-17-6-7-17)39-28(35)27-16-36-15-26(38-27)18-4-2-1-3-5-18/h1-2,4,8-10,12-13,15-17,24,29H,3,5-7,11,14H2. The summed E-state index contributed by atoms with van der Waals surface area (Å²) < 4.78 is 53.7. The molecule has 5 rings (SSSR count). The number of allylic oxidation sites excluding steroid dienone is 4. The molecule has 40 heavy (non-hydrogen) atoms. The first-order valence-electron chi connectivity index (χ1n) is 12.7. The van der Waals surface area contributed by atoms with Crippen molar-refractivity contribution < 1.29 is 37.3 Å². The molecule has 2 heterocycles. The van der Waals surface area contributed by atoms with Gasteiger partial charge in [-0.2, -0.15) is 8.78 Å². The van der Waals surface area contributed by atoms with Crippen molar-refractivity contribution in [2.45, 2.75) is 44.8 Å². The highest BCUT2D eigenvalue weighted by molar-refractivity contribution is 6.35. The number of carbonyl (C=O) groups is 1. The van der Waals surface area contributed by atoms with Gasteiger partial charge in [-0.15, -0.1) is 0 Å². The van der Waals surface area contributed by atoms with Gasteiger partial charge < -0.3 is 23.7 Å². The van der Waals surface area contributed by atoms with Crippen LogP contribution < -0.4 is 9.47 Å². The van der Waals surface area contributed by atoms with E-state index in [2.05, 4.69) is 9.72 Å². The summed E-state index contributed by atoms with van der Waals surface area (Å²) in [4.78, 5) is 17.3. The SMILES string of the molecule is O=C(OC(Cc1c(Cl)cncc1Cl)c1ccc(OC(F)F)c(OCC2CC2)c1)C1=COC=C(C2=CC=CCC2)O1. The average molecular weight is 592 g/mol. The number of alkyl halides is 2. The number of aromatic nitrogens is 1. The maximum Gasteiger partial charge on any atom is 0.387 e. The van der Waals surface area contributed by atoms with Crippen LogP contribution in [-0.4, -0.2) is 24.2 Å². The van der Waals surface area contributed by atoms with Crippen molar-refractivity contribution in [1.29, 1.82) is 0 Å². The fourth-order valence-electron chi connectivity index (χ4n) is 4.12. The van der Waals surface area contributed by atoms with Crippen molar-refractivity contribution in [3.63, 3.8) is 0 Å². The zero-order chi connectivity index (χ0) is 28.1. The molecule has 7 nitrogen and oxygen atoms in total. The van der Waals surface area contributed by atoms with E-state index in [0.29, 0.717) is 29.4 Å². The Labute approximate surface area is 239 Å². The van der Waals surface area contributed by atoms with Crippen molar-refractivity contribution >= 4 is 29.2 Å². The van der Waals surface area contributed by atoms with Crippen molar-refractivity contribution in [2.24, 2.45) is 5.92 Å². The molecule has 1 aromatic heterocycles. The molecule has 0 N–H and O–H groups in total. The lowest BCUT2D eigenvalue weighted by Gasteiger charge is -2.23. The second kappa shape index (κ2) is 12.7. The number of carbonyl (C=O) groups excluding carboxylic acids is 1. The van der Waals surface area contributed by atoms with E-state index in [1.807, 2.05) is 18.2 Å². The van der Waals surface area contributed by atoms with Gasteiger partial charge in [-0.3, -0.25) is 4.98 Å². The molecule has 1 saturated carbocycles. The zero-order valence-electron chi connectivity index (χ0n) is 21.2. The van der Waals surface area contributed by atoms with Gasteiger partial charge in [0, 0.05) is 18.8 Å². The van der Waals surface area contributed by atoms with Crippen LogP contribution in [0, 0.1) is 5.92 Å². The van der Waals surface area contributed by atoms with Crippen LogP contribution in [0.25, 0.3) is 0 Å². The second-order valence-corrected chi connectivity index (χ2v) is 10.2. The molecule has 2 aromatic rings. The smallest absolute Gasteiger partial charge is 0.387 e. The summed E-state index contributed by atoms with van der Waals surface area (Å²) in [5.74, 6) is -0.222. The van der Waals surface area contributed by atoms with Gasteiger partial charge in [0.05, 0.1) is 16.7 Å². The fraction of sp³-hybridized carbons (Fsp3) is 0.310. The monoisotopic (exact) mass is 591 g/mol. The summed E-state index contributed by atoms with van der Waals surface area (Å²) >= 11 is 12.7. The number of hydrogen-bond acceptors (Lipinski definition) is 7. The lowest BCUT2D eigenvalue weighted by atomic mass is 10.0. The van der Waals surface area contributed by atoms with Gasteiger partial charge >= 0.3 is 12.6 Å². The normalized spacial score (nSPS) is 17.2. The summed E-state index contributed by atoms with van der Waals surface area (Å²) in [6.07, 6.45) is 13.9. The predicted octanol–water partition coefficient (Wildman–Crippen LogP) is 7.61. The largest absolute Gasteiger partial charge is 0.489 e. The third kappa shape index (κ3) is 7.14. The van der Waals surface area contributed by atoms with E-state index in [1.54, 1.807) is 0 Å². The van der Waals surface area contributed by atoms with Gasteiger partial charge in [-0.05, 0) is 60.4 Å². The van der Waals surface area contributed by atoms with Gasteiger partial charge in [0.1, 0.15) is 18.6 Å². The third-order valence-electron chi connectivity index (χ3n) is 6.42. The molecule has 0 spiro atoms. The summed E-state index contributed by atoms with van der Waals surface area (Å²) in [5, 5.41) is 0.547. The Morgan fingerprint density at radius 3 is 2.62 bits per heavy atom. The van der Waals surface area contributed by atoms with E-state index in [9.17, 15) is 13.6 Å². The molecule has 1 aromatic carbocycles. The van der Waals surface area contributed by atoms with Gasteiger partial charge in [-0.1, -0.05) is 47.5 Å². The lowest BCUT2D eigenvalue weighted by molar-refractivity contribution is -0.148. The number of pyridine rings is 1. The molecule has 0 bridgehead atoms. The molecular weight excluding hydrogens is 567 g/mol. The molecule has 0 radical (unpaired) electrons. The molecule has 11 heteroatoms. The van der Waals surface area contributed by atoms with Crippen molar-refractivity contribution in [2.75, 3.05) is 6.61 Å². The van der Waals surface area contributed by atoms with E-state index in [0.717, 1.165) is 37.5 Å². The Morgan fingerprint density at radius 1 is 1.12 bits per heavy atom. The number of hydrogen-bond donors (Lipinski definition) is 0. The summed E-state index contributed by atoms with van der Waals surface area (Å²) in [6, 6.07) is 4.38. The van der Waals surface area contributed by atoms with Crippen LogP contribution in [-0.2, 0) is 25.4 Å². The molecule has 1 unspecified atom stereocenters. The van der Waals surface area contributed by atoms with E-state index in [-0.39, 0.29) is 33.7 Å². The summed E-state index contributed by atoms with van der Waals surface area (Å²) in [5.41, 5.74) is 1.80. The third-order valence-corrected chi connectivity index (χ3v) is 7.07. The van der Waals surface area contributed by atoms with Crippen molar-refractivity contribution in [3.05, 3.63) is 99.6 Å². The first-order valence-corrected chi connectivity index (χ1v) is 13.4. The van der Waals surface area contributed by atoms with Crippen LogP contribution in [0.4, 0.5) is 8.78 Å². The van der Waals surface area contributed by atoms with Crippen LogP contribution in [0.5, 0.6) is 11.5 Å². The number of esters is 1. The highest BCUT2D eigenvalue weighted by Crippen LogP contribution is 2.38. The number of ether oxygens (including phenoxy) is 5. The first kappa shape index (κ1) is 28.0. The number of rotatable bonds is 11. The van der Waals surface area contributed by atoms with Crippen LogP contribution in [0.1, 0.15) is 42.9 Å². The lowest BCUT2D eigenvalue weighted by Crippen LogP contribution is -2.19. The molecule has 3 aliphatic rings. The molecule has 0 saturated heterocycles. The molecule has 1 fully saturated rings. The molecule has 1 atom stereocenters. The Kier molecular flexibility index (Phi) is 8.91. The minimum absolute atomic E-state index is 0.0514. The van der Waals surface area contributed by atoms with Gasteiger partial charge in [0.15, 0.2) is 17.3 Å². The Bertz CT molecular complexity index is 1370. The van der Waals surface area contributed by atoms with E-state index >= 15 is 0 Å². The van der Waals surface area contributed by atoms with Crippen LogP contribution in [0.15, 0.2) is 78.4 Å². The predicted molar refractivity (Wildman–Crippen MR) is 143 cm³/mol. The van der Waals surface area contributed by atoms with Crippen molar-refractivity contribution in [3.8, 4) is 11.5 Å². The molecule has 0 amide bonds. The average Bonchev–Trinajstić information content (AvgIpc) is 3.79. The second-order valence-electron chi connectivity index (χ2n) is 9.38. The van der Waals surface area contributed by atoms with E-state index in [4.69, 9.17) is 42.1 Å². The zero-order valence-corrected chi connectivity index (χ0v) is 22.7. The Hall–Kier alpha value is -3.56. The highest BCUT2D eigenvalue weighted by Gasteiger charge is 2.29. The van der Waals surface area contributed by atoms with E-state index in [1.165, 1.54) is 36.9 Å².